The summed E-state index contributed by atoms with van der Waals surface area (Å²) in [6.07, 6.45) is 3.68. The van der Waals surface area contributed by atoms with Crippen LogP contribution in [0.4, 0.5) is 0 Å². The van der Waals surface area contributed by atoms with Crippen molar-refractivity contribution in [2.45, 2.75) is 51.2 Å². The monoisotopic (exact) mass is 232 g/mol. The van der Waals surface area contributed by atoms with Crippen LogP contribution in [0.15, 0.2) is 24.3 Å². The summed E-state index contributed by atoms with van der Waals surface area (Å²) in [5.41, 5.74) is 9.01. The van der Waals surface area contributed by atoms with Gasteiger partial charge in [-0.2, -0.15) is 0 Å². The Hall–Kier alpha value is -0.860. The molecular weight excluding hydrogens is 208 g/mol. The highest BCUT2D eigenvalue weighted by Crippen LogP contribution is 2.34. The van der Waals surface area contributed by atoms with E-state index in [0.717, 1.165) is 12.5 Å². The van der Waals surface area contributed by atoms with Crippen molar-refractivity contribution in [2.75, 3.05) is 7.05 Å². The Morgan fingerprint density at radius 2 is 2.12 bits per heavy atom. The standard InChI is InChI=1S/C15H24N2/c1-4-14(16)15(17(3)13-8-9-13)12-7-5-6-11(2)10-12/h5-7,10,13-15H,4,8-9,16H2,1-3H3. The molecule has 0 heterocycles. The van der Waals surface area contributed by atoms with E-state index in [1.54, 1.807) is 0 Å². The maximum absolute atomic E-state index is 6.32. The SMILES string of the molecule is CCC(N)C(c1cccc(C)c1)N(C)C1CC1. The Bertz CT molecular complexity index is 371. The van der Waals surface area contributed by atoms with Gasteiger partial charge in [-0.05, 0) is 38.8 Å². The molecule has 2 rings (SSSR count). The normalized spacial score (nSPS) is 19.4. The average Bonchev–Trinajstić information content (AvgIpc) is 3.13. The Balaban J connectivity index is 2.25. The quantitative estimate of drug-likeness (QED) is 0.846. The van der Waals surface area contributed by atoms with Crippen molar-refractivity contribution in [1.82, 2.24) is 4.90 Å². The fraction of sp³-hybridized carbons (Fsp3) is 0.600. The summed E-state index contributed by atoms with van der Waals surface area (Å²) in [6.45, 7) is 4.32. The van der Waals surface area contributed by atoms with Gasteiger partial charge in [-0.3, -0.25) is 4.90 Å². The van der Waals surface area contributed by atoms with Crippen LogP contribution in [0.5, 0.6) is 0 Å². The van der Waals surface area contributed by atoms with E-state index < -0.39 is 0 Å². The molecule has 2 unspecified atom stereocenters. The molecule has 2 N–H and O–H groups in total. The number of nitrogens with zero attached hydrogens (tertiary/aromatic N) is 1. The maximum atomic E-state index is 6.32. The molecule has 0 saturated heterocycles. The van der Waals surface area contributed by atoms with Crippen molar-refractivity contribution >= 4 is 0 Å². The molecule has 1 fully saturated rings. The van der Waals surface area contributed by atoms with Crippen LogP contribution in [0, 0.1) is 6.92 Å². The van der Waals surface area contributed by atoms with E-state index in [9.17, 15) is 0 Å². The number of likely N-dealkylation sites (N-methyl/N-ethyl adjacent to an activating group) is 1. The highest BCUT2D eigenvalue weighted by molar-refractivity contribution is 5.26. The molecule has 2 nitrogen and oxygen atoms in total. The molecular formula is C15H24N2. The first kappa shape index (κ1) is 12.6. The van der Waals surface area contributed by atoms with E-state index in [-0.39, 0.29) is 6.04 Å². The van der Waals surface area contributed by atoms with E-state index in [0.29, 0.717) is 6.04 Å². The number of nitrogens with two attached hydrogens (primary N) is 1. The molecule has 1 aliphatic rings. The second kappa shape index (κ2) is 5.19. The van der Waals surface area contributed by atoms with Crippen LogP contribution in [-0.4, -0.2) is 24.0 Å². The third kappa shape index (κ3) is 2.88. The molecule has 0 amide bonds. The number of hydrogen-bond donors (Lipinski definition) is 1. The van der Waals surface area contributed by atoms with Crippen LogP contribution in [0.1, 0.15) is 43.4 Å². The van der Waals surface area contributed by atoms with Gasteiger partial charge in [-0.15, -0.1) is 0 Å². The number of hydrogen-bond acceptors (Lipinski definition) is 2. The first-order valence-electron chi connectivity index (χ1n) is 6.67. The summed E-state index contributed by atoms with van der Waals surface area (Å²) in [4.78, 5) is 2.48. The first-order valence-corrected chi connectivity index (χ1v) is 6.67. The molecule has 1 aromatic rings. The Labute approximate surface area is 105 Å². The van der Waals surface area contributed by atoms with Crippen LogP contribution >= 0.6 is 0 Å². The zero-order valence-corrected chi connectivity index (χ0v) is 11.2. The summed E-state index contributed by atoms with van der Waals surface area (Å²) in [5, 5.41) is 0. The molecule has 1 saturated carbocycles. The van der Waals surface area contributed by atoms with E-state index >= 15 is 0 Å². The minimum absolute atomic E-state index is 0.224. The lowest BCUT2D eigenvalue weighted by molar-refractivity contribution is 0.200. The lowest BCUT2D eigenvalue weighted by Gasteiger charge is -2.33. The molecule has 2 atom stereocenters. The summed E-state index contributed by atoms with van der Waals surface area (Å²) in [7, 11) is 2.22. The number of benzene rings is 1. The zero-order chi connectivity index (χ0) is 12.4. The summed E-state index contributed by atoms with van der Waals surface area (Å²) in [6, 6.07) is 10.1. The second-order valence-electron chi connectivity index (χ2n) is 5.33. The number of aryl methyl sites for hydroxylation is 1. The average molecular weight is 232 g/mol. The molecule has 17 heavy (non-hydrogen) atoms. The Kier molecular flexibility index (Phi) is 3.85. The largest absolute Gasteiger partial charge is 0.326 e. The van der Waals surface area contributed by atoms with Gasteiger partial charge in [-0.1, -0.05) is 36.8 Å². The van der Waals surface area contributed by atoms with Gasteiger partial charge >= 0.3 is 0 Å². The molecule has 0 aliphatic heterocycles. The second-order valence-corrected chi connectivity index (χ2v) is 5.33. The van der Waals surface area contributed by atoms with Gasteiger partial charge in [0.05, 0.1) is 0 Å². The smallest absolute Gasteiger partial charge is 0.0499 e. The summed E-state index contributed by atoms with van der Waals surface area (Å²) < 4.78 is 0. The molecule has 0 radical (unpaired) electrons. The minimum Gasteiger partial charge on any atom is -0.326 e. The van der Waals surface area contributed by atoms with Crippen molar-refractivity contribution < 1.29 is 0 Å². The predicted octanol–water partition coefficient (Wildman–Crippen LogP) is 2.87. The lowest BCUT2D eigenvalue weighted by atomic mass is 9.95. The van der Waals surface area contributed by atoms with Crippen molar-refractivity contribution in [1.29, 1.82) is 0 Å². The maximum Gasteiger partial charge on any atom is 0.0499 e. The molecule has 1 aromatic carbocycles. The Morgan fingerprint density at radius 1 is 1.41 bits per heavy atom. The van der Waals surface area contributed by atoms with E-state index in [2.05, 4.69) is 50.1 Å². The summed E-state index contributed by atoms with van der Waals surface area (Å²) >= 11 is 0. The van der Waals surface area contributed by atoms with Crippen molar-refractivity contribution in [2.24, 2.45) is 5.73 Å². The van der Waals surface area contributed by atoms with Gasteiger partial charge in [0, 0.05) is 18.1 Å². The van der Waals surface area contributed by atoms with Crippen LogP contribution in [-0.2, 0) is 0 Å². The fourth-order valence-electron chi connectivity index (χ4n) is 2.57. The molecule has 0 aromatic heterocycles. The molecule has 0 bridgehead atoms. The van der Waals surface area contributed by atoms with Crippen LogP contribution < -0.4 is 5.73 Å². The van der Waals surface area contributed by atoms with Gasteiger partial charge in [0.15, 0.2) is 0 Å². The first-order chi connectivity index (χ1) is 8.13. The molecule has 2 heteroatoms. The lowest BCUT2D eigenvalue weighted by Crippen LogP contribution is -2.39. The van der Waals surface area contributed by atoms with Crippen molar-refractivity contribution in [3.63, 3.8) is 0 Å². The molecule has 94 valence electrons. The Morgan fingerprint density at radius 3 is 2.65 bits per heavy atom. The van der Waals surface area contributed by atoms with Crippen LogP contribution in [0.25, 0.3) is 0 Å². The molecule has 0 spiro atoms. The minimum atomic E-state index is 0.224. The highest BCUT2D eigenvalue weighted by atomic mass is 15.2. The third-order valence-electron chi connectivity index (χ3n) is 3.82. The van der Waals surface area contributed by atoms with Gasteiger partial charge in [0.2, 0.25) is 0 Å². The topological polar surface area (TPSA) is 29.3 Å². The molecule has 1 aliphatic carbocycles. The summed E-state index contributed by atoms with van der Waals surface area (Å²) in [5.74, 6) is 0. The van der Waals surface area contributed by atoms with E-state index in [1.165, 1.54) is 24.0 Å². The van der Waals surface area contributed by atoms with Crippen molar-refractivity contribution in [3.05, 3.63) is 35.4 Å². The van der Waals surface area contributed by atoms with E-state index in [1.807, 2.05) is 0 Å². The van der Waals surface area contributed by atoms with Gasteiger partial charge in [-0.25, -0.2) is 0 Å². The highest BCUT2D eigenvalue weighted by Gasteiger charge is 2.34. The van der Waals surface area contributed by atoms with Gasteiger partial charge < -0.3 is 5.73 Å². The van der Waals surface area contributed by atoms with Gasteiger partial charge in [0.1, 0.15) is 0 Å². The number of rotatable bonds is 5. The predicted molar refractivity (Wildman–Crippen MR) is 73.0 cm³/mol. The van der Waals surface area contributed by atoms with Gasteiger partial charge in [0.25, 0.3) is 0 Å². The fourth-order valence-corrected chi connectivity index (χ4v) is 2.57. The van der Waals surface area contributed by atoms with Crippen LogP contribution in [0.3, 0.4) is 0 Å². The third-order valence-corrected chi connectivity index (χ3v) is 3.82. The van der Waals surface area contributed by atoms with Crippen LogP contribution in [0.2, 0.25) is 0 Å². The zero-order valence-electron chi connectivity index (χ0n) is 11.2. The van der Waals surface area contributed by atoms with E-state index in [4.69, 9.17) is 5.73 Å². The van der Waals surface area contributed by atoms with Crippen molar-refractivity contribution in [3.8, 4) is 0 Å².